The van der Waals surface area contributed by atoms with Gasteiger partial charge in [-0.15, -0.1) is 0 Å². The van der Waals surface area contributed by atoms with Gasteiger partial charge in [0.05, 0.1) is 12.4 Å². The van der Waals surface area contributed by atoms with Gasteiger partial charge in [-0.05, 0) is 24.6 Å². The molecule has 5 nitrogen and oxygen atoms in total. The lowest BCUT2D eigenvalue weighted by atomic mass is 10.1. The fraction of sp³-hybridized carbons (Fsp3) is 0.182. The Hall–Kier alpha value is -2.17. The molecule has 0 aromatic carbocycles. The Morgan fingerprint density at radius 3 is 2.69 bits per heavy atom. The monoisotopic (exact) mass is 217 g/mol. The molecule has 0 saturated carbocycles. The van der Waals surface area contributed by atoms with Gasteiger partial charge in [-0.25, -0.2) is 9.78 Å². The average molecular weight is 217 g/mol. The van der Waals surface area contributed by atoms with E-state index in [1.165, 1.54) is 12.5 Å². The number of carboxylic acid groups (broad SMARTS) is 1. The third kappa shape index (κ3) is 1.93. The summed E-state index contributed by atoms with van der Waals surface area (Å²) in [6, 6.07) is 3.83. The number of rotatable bonds is 3. The van der Waals surface area contributed by atoms with Crippen LogP contribution in [-0.4, -0.2) is 25.6 Å². The number of carboxylic acids is 1. The van der Waals surface area contributed by atoms with E-state index in [9.17, 15) is 4.79 Å². The second-order valence-electron chi connectivity index (χ2n) is 3.47. The Morgan fingerprint density at radius 1 is 1.44 bits per heavy atom. The van der Waals surface area contributed by atoms with Crippen LogP contribution in [0.1, 0.15) is 29.0 Å². The van der Waals surface area contributed by atoms with Crippen molar-refractivity contribution in [1.82, 2.24) is 14.5 Å². The van der Waals surface area contributed by atoms with Gasteiger partial charge < -0.3 is 9.67 Å². The Labute approximate surface area is 92.4 Å². The summed E-state index contributed by atoms with van der Waals surface area (Å²) in [5, 5.41) is 8.76. The molecular weight excluding hydrogens is 206 g/mol. The lowest BCUT2D eigenvalue weighted by molar-refractivity contribution is 0.0691. The smallest absolute Gasteiger partial charge is 0.356 e. The van der Waals surface area contributed by atoms with Crippen LogP contribution in [0.15, 0.2) is 37.1 Å². The first kappa shape index (κ1) is 10.4. The van der Waals surface area contributed by atoms with Crippen LogP contribution in [0.4, 0.5) is 0 Å². The van der Waals surface area contributed by atoms with Crippen LogP contribution in [0, 0.1) is 0 Å². The average Bonchev–Trinajstić information content (AvgIpc) is 2.78. The Morgan fingerprint density at radius 2 is 2.12 bits per heavy atom. The summed E-state index contributed by atoms with van der Waals surface area (Å²) in [6.45, 7) is 1.97. The third-order valence-corrected chi connectivity index (χ3v) is 2.46. The molecule has 2 rings (SSSR count). The zero-order valence-electron chi connectivity index (χ0n) is 8.74. The SMILES string of the molecule is C[C@@H](c1ccncc1)n1cnc(C(=O)O)c1. The molecule has 2 heterocycles. The fourth-order valence-corrected chi connectivity index (χ4v) is 1.47. The maximum atomic E-state index is 10.7. The minimum Gasteiger partial charge on any atom is -0.476 e. The van der Waals surface area contributed by atoms with E-state index < -0.39 is 5.97 Å². The van der Waals surface area contributed by atoms with Crippen molar-refractivity contribution in [3.05, 3.63) is 48.3 Å². The zero-order chi connectivity index (χ0) is 11.5. The highest BCUT2D eigenvalue weighted by Gasteiger charge is 2.11. The normalized spacial score (nSPS) is 12.3. The summed E-state index contributed by atoms with van der Waals surface area (Å²) in [5.74, 6) is -1.01. The van der Waals surface area contributed by atoms with E-state index in [1.54, 1.807) is 17.0 Å². The van der Waals surface area contributed by atoms with Crippen molar-refractivity contribution in [2.45, 2.75) is 13.0 Å². The van der Waals surface area contributed by atoms with E-state index in [0.717, 1.165) is 5.56 Å². The standard InChI is InChI=1S/C11H11N3O2/c1-8(9-2-4-12-5-3-9)14-6-10(11(15)16)13-7-14/h2-8H,1H3,(H,15,16)/t8-/m0/s1. The van der Waals surface area contributed by atoms with Gasteiger partial charge in [0.15, 0.2) is 5.69 Å². The molecular formula is C11H11N3O2. The molecule has 0 fully saturated rings. The minimum absolute atomic E-state index is 0.0450. The second-order valence-corrected chi connectivity index (χ2v) is 3.47. The van der Waals surface area contributed by atoms with Crippen molar-refractivity contribution in [2.75, 3.05) is 0 Å². The van der Waals surface area contributed by atoms with Gasteiger partial charge in [-0.1, -0.05) is 0 Å². The molecule has 0 bridgehead atoms. The maximum Gasteiger partial charge on any atom is 0.356 e. The molecule has 82 valence electrons. The summed E-state index contributed by atoms with van der Waals surface area (Å²) in [7, 11) is 0. The molecule has 2 aromatic rings. The predicted octanol–water partition coefficient (Wildman–Crippen LogP) is 1.59. The van der Waals surface area contributed by atoms with Gasteiger partial charge in [0.1, 0.15) is 0 Å². The summed E-state index contributed by atoms with van der Waals surface area (Å²) >= 11 is 0. The van der Waals surface area contributed by atoms with Gasteiger partial charge in [0.2, 0.25) is 0 Å². The number of hydrogen-bond donors (Lipinski definition) is 1. The van der Waals surface area contributed by atoms with Crippen molar-refractivity contribution in [3.8, 4) is 0 Å². The highest BCUT2D eigenvalue weighted by atomic mass is 16.4. The fourth-order valence-electron chi connectivity index (χ4n) is 1.47. The molecule has 16 heavy (non-hydrogen) atoms. The largest absolute Gasteiger partial charge is 0.476 e. The van der Waals surface area contributed by atoms with Gasteiger partial charge >= 0.3 is 5.97 Å². The lowest BCUT2D eigenvalue weighted by Gasteiger charge is -2.12. The van der Waals surface area contributed by atoms with E-state index in [-0.39, 0.29) is 11.7 Å². The minimum atomic E-state index is -1.01. The molecule has 5 heteroatoms. The van der Waals surface area contributed by atoms with Gasteiger partial charge in [0.25, 0.3) is 0 Å². The number of hydrogen-bond acceptors (Lipinski definition) is 3. The third-order valence-electron chi connectivity index (χ3n) is 2.46. The van der Waals surface area contributed by atoms with Crippen LogP contribution in [0.5, 0.6) is 0 Å². The summed E-state index contributed by atoms with van der Waals surface area (Å²) in [6.07, 6.45) is 6.46. The van der Waals surface area contributed by atoms with Crippen LogP contribution in [0.2, 0.25) is 0 Å². The highest BCUT2D eigenvalue weighted by Crippen LogP contribution is 2.16. The lowest BCUT2D eigenvalue weighted by Crippen LogP contribution is -2.04. The van der Waals surface area contributed by atoms with Crippen LogP contribution in [0.25, 0.3) is 0 Å². The molecule has 0 radical (unpaired) electrons. The molecule has 0 spiro atoms. The van der Waals surface area contributed by atoms with Gasteiger partial charge in [-0.3, -0.25) is 4.98 Å². The first-order valence-electron chi connectivity index (χ1n) is 4.85. The predicted molar refractivity (Wildman–Crippen MR) is 57.2 cm³/mol. The molecule has 0 aliphatic rings. The van der Waals surface area contributed by atoms with Crippen molar-refractivity contribution in [2.24, 2.45) is 0 Å². The van der Waals surface area contributed by atoms with Gasteiger partial charge in [0, 0.05) is 18.6 Å². The Kier molecular flexibility index (Phi) is 2.68. The summed E-state index contributed by atoms with van der Waals surface area (Å²) in [4.78, 5) is 18.4. The van der Waals surface area contributed by atoms with E-state index in [1.807, 2.05) is 19.1 Å². The van der Waals surface area contributed by atoms with Crippen molar-refractivity contribution >= 4 is 5.97 Å². The van der Waals surface area contributed by atoms with Crippen LogP contribution in [-0.2, 0) is 0 Å². The zero-order valence-corrected chi connectivity index (χ0v) is 8.74. The number of carbonyl (C=O) groups is 1. The summed E-state index contributed by atoms with van der Waals surface area (Å²) < 4.78 is 1.76. The van der Waals surface area contributed by atoms with E-state index in [0.29, 0.717) is 0 Å². The number of imidazole rings is 1. The number of pyridine rings is 1. The first-order chi connectivity index (χ1) is 7.68. The highest BCUT2D eigenvalue weighted by molar-refractivity contribution is 5.84. The molecule has 2 aromatic heterocycles. The molecule has 0 aliphatic heterocycles. The maximum absolute atomic E-state index is 10.7. The van der Waals surface area contributed by atoms with E-state index in [2.05, 4.69) is 9.97 Å². The number of nitrogens with zero attached hydrogens (tertiary/aromatic N) is 3. The Balaban J connectivity index is 2.27. The topological polar surface area (TPSA) is 68.0 Å². The molecule has 0 saturated heterocycles. The molecule has 0 unspecified atom stereocenters. The number of aromatic carboxylic acids is 1. The van der Waals surface area contributed by atoms with Crippen LogP contribution in [0.3, 0.4) is 0 Å². The molecule has 1 N–H and O–H groups in total. The van der Waals surface area contributed by atoms with Crippen LogP contribution < -0.4 is 0 Å². The van der Waals surface area contributed by atoms with Crippen LogP contribution >= 0.6 is 0 Å². The quantitative estimate of drug-likeness (QED) is 0.847. The van der Waals surface area contributed by atoms with Crippen molar-refractivity contribution in [3.63, 3.8) is 0 Å². The molecule has 0 amide bonds. The summed E-state index contributed by atoms with van der Waals surface area (Å²) in [5.41, 5.74) is 1.12. The number of aromatic nitrogens is 3. The van der Waals surface area contributed by atoms with E-state index in [4.69, 9.17) is 5.11 Å². The molecule has 1 atom stereocenters. The van der Waals surface area contributed by atoms with Crippen molar-refractivity contribution < 1.29 is 9.90 Å². The second kappa shape index (κ2) is 4.14. The van der Waals surface area contributed by atoms with Gasteiger partial charge in [-0.2, -0.15) is 0 Å². The van der Waals surface area contributed by atoms with E-state index >= 15 is 0 Å². The first-order valence-corrected chi connectivity index (χ1v) is 4.85. The van der Waals surface area contributed by atoms with Crippen molar-refractivity contribution in [1.29, 1.82) is 0 Å². The Bertz CT molecular complexity index is 493. The molecule has 0 aliphatic carbocycles.